The first-order valence-corrected chi connectivity index (χ1v) is 21.6. The van der Waals surface area contributed by atoms with Crippen LogP contribution in [0.2, 0.25) is 36.3 Å². The van der Waals surface area contributed by atoms with Crippen LogP contribution in [0.1, 0.15) is 100 Å². The smallest absolute Gasteiger partial charge is 0.192 e. The lowest BCUT2D eigenvalue weighted by molar-refractivity contribution is 0.0690. The Morgan fingerprint density at radius 1 is 1.00 bits per heavy atom. The van der Waals surface area contributed by atoms with Gasteiger partial charge in [-0.15, -0.1) is 0 Å². The zero-order chi connectivity index (χ0) is 29.6. The summed E-state index contributed by atoms with van der Waals surface area (Å²) in [7, 11) is -3.87. The van der Waals surface area contributed by atoms with E-state index in [1.165, 1.54) is 43.3 Å². The van der Waals surface area contributed by atoms with Crippen LogP contribution < -0.4 is 0 Å². The Bertz CT molecular complexity index is 948. The second kappa shape index (κ2) is 11.7. The van der Waals surface area contributed by atoms with Gasteiger partial charge >= 0.3 is 0 Å². The molecule has 0 unspecified atom stereocenters. The fraction of sp³-hybridized carbons (Fsp3) is 0.824. The highest BCUT2D eigenvalue weighted by atomic mass is 28.4. The van der Waals surface area contributed by atoms with E-state index in [4.69, 9.17) is 8.85 Å². The quantitative estimate of drug-likeness (QED) is 0.308. The van der Waals surface area contributed by atoms with Gasteiger partial charge in [-0.2, -0.15) is 0 Å². The second-order valence-corrected chi connectivity index (χ2v) is 26.0. The Morgan fingerprint density at radius 2 is 1.59 bits per heavy atom. The molecule has 224 valence electrons. The van der Waals surface area contributed by atoms with Crippen molar-refractivity contribution >= 4 is 16.6 Å². The van der Waals surface area contributed by atoms with Crippen LogP contribution in [0.5, 0.6) is 0 Å². The third-order valence-corrected chi connectivity index (χ3v) is 20.8. The average molecular weight is 575 g/mol. The van der Waals surface area contributed by atoms with Gasteiger partial charge in [0.2, 0.25) is 0 Å². The summed E-state index contributed by atoms with van der Waals surface area (Å²) in [5.41, 5.74) is 4.43. The number of allylic oxidation sites excluding steroid dienone is 3. The Morgan fingerprint density at radius 3 is 2.15 bits per heavy atom. The molecule has 6 atom stereocenters. The van der Waals surface area contributed by atoms with Crippen LogP contribution in [0.25, 0.3) is 0 Å². The van der Waals surface area contributed by atoms with E-state index in [0.717, 1.165) is 12.8 Å². The third kappa shape index (κ3) is 6.96. The van der Waals surface area contributed by atoms with Crippen LogP contribution in [0.3, 0.4) is 0 Å². The van der Waals surface area contributed by atoms with Gasteiger partial charge in [-0.05, 0) is 109 Å². The van der Waals surface area contributed by atoms with E-state index < -0.39 is 16.6 Å². The Hall–Kier alpha value is -0.466. The van der Waals surface area contributed by atoms with Crippen LogP contribution in [0.15, 0.2) is 35.5 Å². The SMILES string of the molecule is C=C1/C(=C/C=C2/CCC[C@]3(C)[C@@H]([C@H](C)CO)CC[C@@H]23)C[C@@H](O[Si](C)(C)C(C)(C)C)C[C@@H]1O[Si](C)(C)C(C)(C)C. The van der Waals surface area contributed by atoms with Gasteiger partial charge in [0.05, 0.1) is 12.2 Å². The molecule has 0 spiro atoms. The summed E-state index contributed by atoms with van der Waals surface area (Å²) >= 11 is 0. The first-order valence-electron chi connectivity index (χ1n) is 15.8. The van der Waals surface area contributed by atoms with Crippen molar-refractivity contribution in [3.8, 4) is 0 Å². The molecule has 5 heteroatoms. The summed E-state index contributed by atoms with van der Waals surface area (Å²) in [4.78, 5) is 0. The van der Waals surface area contributed by atoms with E-state index in [0.29, 0.717) is 29.8 Å². The highest BCUT2D eigenvalue weighted by Gasteiger charge is 2.50. The number of rotatable bonds is 7. The molecule has 0 heterocycles. The molecule has 3 nitrogen and oxygen atoms in total. The van der Waals surface area contributed by atoms with Crippen molar-refractivity contribution in [1.82, 2.24) is 0 Å². The lowest BCUT2D eigenvalue weighted by atomic mass is 9.61. The molecule has 3 aliphatic rings. The Kier molecular flexibility index (Phi) is 9.88. The van der Waals surface area contributed by atoms with E-state index in [1.54, 1.807) is 5.57 Å². The van der Waals surface area contributed by atoms with E-state index >= 15 is 0 Å². The van der Waals surface area contributed by atoms with E-state index in [1.807, 2.05) is 0 Å². The molecular formula is C34H62O3Si2. The van der Waals surface area contributed by atoms with Crippen molar-refractivity contribution in [2.24, 2.45) is 23.2 Å². The maximum absolute atomic E-state index is 9.93. The van der Waals surface area contributed by atoms with Crippen molar-refractivity contribution in [1.29, 1.82) is 0 Å². The van der Waals surface area contributed by atoms with Crippen molar-refractivity contribution < 1.29 is 14.0 Å². The second-order valence-electron chi connectivity index (χ2n) is 16.5. The van der Waals surface area contributed by atoms with Crippen molar-refractivity contribution in [2.75, 3.05) is 6.61 Å². The topological polar surface area (TPSA) is 38.7 Å². The fourth-order valence-electron chi connectivity index (χ4n) is 7.11. The van der Waals surface area contributed by atoms with Gasteiger partial charge in [-0.3, -0.25) is 0 Å². The largest absolute Gasteiger partial charge is 0.413 e. The Labute approximate surface area is 244 Å². The number of aliphatic hydroxyl groups excluding tert-OH is 1. The van der Waals surface area contributed by atoms with E-state index in [9.17, 15) is 5.11 Å². The number of aliphatic hydroxyl groups is 1. The van der Waals surface area contributed by atoms with Crippen molar-refractivity contribution in [3.63, 3.8) is 0 Å². The van der Waals surface area contributed by atoms with Crippen LogP contribution in [0, 0.1) is 23.2 Å². The molecule has 0 bridgehead atoms. The predicted molar refractivity (Wildman–Crippen MR) is 173 cm³/mol. The molecule has 0 amide bonds. The van der Waals surface area contributed by atoms with E-state index in [-0.39, 0.29) is 22.3 Å². The zero-order valence-corrected chi connectivity index (χ0v) is 29.7. The normalized spacial score (nSPS) is 34.0. The number of fused-ring (bicyclic) bond motifs is 1. The summed E-state index contributed by atoms with van der Waals surface area (Å²) in [5.74, 6) is 1.65. The summed E-state index contributed by atoms with van der Waals surface area (Å²) in [6.45, 7) is 33.1. The monoisotopic (exact) mass is 574 g/mol. The highest BCUT2D eigenvalue weighted by molar-refractivity contribution is 6.74. The summed E-state index contributed by atoms with van der Waals surface area (Å²) < 4.78 is 14.1. The lowest BCUT2D eigenvalue weighted by Crippen LogP contribution is -2.49. The molecule has 0 aromatic rings. The minimum absolute atomic E-state index is 0.0250. The average Bonchev–Trinajstić information content (AvgIpc) is 3.15. The van der Waals surface area contributed by atoms with Gasteiger partial charge in [0.15, 0.2) is 16.6 Å². The summed E-state index contributed by atoms with van der Waals surface area (Å²) in [6.07, 6.45) is 13.2. The molecule has 39 heavy (non-hydrogen) atoms. The molecule has 3 saturated carbocycles. The molecule has 0 aromatic heterocycles. The van der Waals surface area contributed by atoms with Gasteiger partial charge in [0.25, 0.3) is 0 Å². The van der Waals surface area contributed by atoms with Crippen LogP contribution in [0.4, 0.5) is 0 Å². The Balaban J connectivity index is 1.93. The van der Waals surface area contributed by atoms with Gasteiger partial charge < -0.3 is 14.0 Å². The standard InChI is InChI=1S/C34H62O3Si2/c1-24(23-35)29-18-19-30-26(15-14-20-34(29,30)9)16-17-27-21-28(36-38(10,11)32(3,4)5)22-31(25(27)2)37-39(12,13)33(6,7)8/h16-17,24,28-31,35H,2,14-15,18-23H2,1,3-13H3/b26-16-,27-17+/t24-,28-,29-,30+,31+,34-/m1/s1. The molecule has 0 saturated heterocycles. The van der Waals surface area contributed by atoms with Gasteiger partial charge in [0.1, 0.15) is 0 Å². The van der Waals surface area contributed by atoms with Crippen molar-refractivity contribution in [3.05, 3.63) is 35.5 Å². The maximum atomic E-state index is 9.93. The van der Waals surface area contributed by atoms with Crippen LogP contribution in [-0.4, -0.2) is 40.6 Å². The molecule has 3 aliphatic carbocycles. The summed E-state index contributed by atoms with van der Waals surface area (Å²) in [5, 5.41) is 10.3. The zero-order valence-electron chi connectivity index (χ0n) is 27.7. The number of hydrogen-bond acceptors (Lipinski definition) is 3. The molecule has 0 aliphatic heterocycles. The van der Waals surface area contributed by atoms with Crippen molar-refractivity contribution in [2.45, 2.75) is 149 Å². The maximum Gasteiger partial charge on any atom is 0.192 e. The first kappa shape index (κ1) is 33.0. The number of hydrogen-bond donors (Lipinski definition) is 1. The molecule has 0 radical (unpaired) electrons. The van der Waals surface area contributed by atoms with Gasteiger partial charge in [-0.25, -0.2) is 0 Å². The van der Waals surface area contributed by atoms with E-state index in [2.05, 4.69) is 100 Å². The first-order chi connectivity index (χ1) is 17.7. The van der Waals surface area contributed by atoms with Crippen LogP contribution >= 0.6 is 0 Å². The molecule has 0 aromatic carbocycles. The van der Waals surface area contributed by atoms with Gasteiger partial charge in [0, 0.05) is 13.0 Å². The molecule has 3 fully saturated rings. The molecule has 3 rings (SSSR count). The highest BCUT2D eigenvalue weighted by Crippen LogP contribution is 2.59. The third-order valence-electron chi connectivity index (χ3n) is 11.7. The van der Waals surface area contributed by atoms with Crippen LogP contribution in [-0.2, 0) is 8.85 Å². The predicted octanol–water partition coefficient (Wildman–Crippen LogP) is 9.81. The lowest BCUT2D eigenvalue weighted by Gasteiger charge is -2.45. The molecule has 1 N–H and O–H groups in total. The summed E-state index contributed by atoms with van der Waals surface area (Å²) in [6, 6.07) is 0. The molecular weight excluding hydrogens is 513 g/mol. The fourth-order valence-corrected chi connectivity index (χ4v) is 9.78. The minimum Gasteiger partial charge on any atom is -0.413 e. The van der Waals surface area contributed by atoms with Gasteiger partial charge in [-0.1, -0.05) is 79.7 Å². The minimum atomic E-state index is -1.96.